The van der Waals surface area contributed by atoms with E-state index in [0.717, 1.165) is 36.9 Å². The molecule has 0 spiro atoms. The number of anilines is 1. The normalized spacial score (nSPS) is 21.6. The molecule has 1 aliphatic carbocycles. The number of hydrogen-bond acceptors (Lipinski definition) is 3. The number of carbonyl (C=O) groups is 2. The van der Waals surface area contributed by atoms with Gasteiger partial charge in [0.1, 0.15) is 0 Å². The van der Waals surface area contributed by atoms with E-state index in [0.29, 0.717) is 0 Å². The molecule has 2 unspecified atom stereocenters. The lowest BCUT2D eigenvalue weighted by Gasteiger charge is -2.28. The first-order valence-corrected chi connectivity index (χ1v) is 7.38. The molecule has 0 heterocycles. The van der Waals surface area contributed by atoms with Crippen molar-refractivity contribution in [2.75, 3.05) is 5.32 Å². The number of rotatable bonds is 4. The molecule has 0 aromatic heterocycles. The van der Waals surface area contributed by atoms with Crippen molar-refractivity contribution in [3.63, 3.8) is 0 Å². The molecule has 0 radical (unpaired) electrons. The van der Waals surface area contributed by atoms with Crippen molar-refractivity contribution >= 4 is 17.5 Å². The zero-order chi connectivity index (χ0) is 15.2. The van der Waals surface area contributed by atoms with Crippen molar-refractivity contribution < 1.29 is 14.7 Å². The van der Waals surface area contributed by atoms with Crippen LogP contribution in [0.15, 0.2) is 24.3 Å². The maximum atomic E-state index is 12.0. The zero-order valence-electron chi connectivity index (χ0n) is 12.3. The molecule has 114 valence electrons. The average molecular weight is 290 g/mol. The van der Waals surface area contributed by atoms with Crippen LogP contribution in [-0.4, -0.2) is 29.1 Å². The van der Waals surface area contributed by atoms with E-state index in [9.17, 15) is 14.7 Å². The van der Waals surface area contributed by atoms with Crippen LogP contribution in [-0.2, 0) is 16.0 Å². The van der Waals surface area contributed by atoms with Crippen molar-refractivity contribution in [3.05, 3.63) is 29.8 Å². The number of nitrogens with one attached hydrogen (secondary N) is 2. The summed E-state index contributed by atoms with van der Waals surface area (Å²) in [7, 11) is 0. The average Bonchev–Trinajstić information content (AvgIpc) is 2.43. The first-order chi connectivity index (χ1) is 10.0. The lowest BCUT2D eigenvalue weighted by Crippen LogP contribution is -2.45. The van der Waals surface area contributed by atoms with Gasteiger partial charge < -0.3 is 15.7 Å². The molecular weight excluding hydrogens is 268 g/mol. The molecule has 21 heavy (non-hydrogen) atoms. The fourth-order valence-corrected chi connectivity index (χ4v) is 2.63. The highest BCUT2D eigenvalue weighted by molar-refractivity contribution is 5.88. The van der Waals surface area contributed by atoms with Crippen molar-refractivity contribution in [3.8, 4) is 0 Å². The predicted molar refractivity (Wildman–Crippen MR) is 80.9 cm³/mol. The molecule has 5 nitrogen and oxygen atoms in total. The van der Waals surface area contributed by atoms with Crippen LogP contribution in [0.4, 0.5) is 5.69 Å². The van der Waals surface area contributed by atoms with Crippen molar-refractivity contribution in [2.24, 2.45) is 0 Å². The monoisotopic (exact) mass is 290 g/mol. The number of carbonyl (C=O) groups excluding carboxylic acids is 2. The molecule has 3 N–H and O–H groups in total. The highest BCUT2D eigenvalue weighted by atomic mass is 16.3. The van der Waals surface area contributed by atoms with Crippen molar-refractivity contribution in [1.82, 2.24) is 5.32 Å². The van der Waals surface area contributed by atoms with Gasteiger partial charge in [0.25, 0.3) is 0 Å². The summed E-state index contributed by atoms with van der Waals surface area (Å²) in [5.41, 5.74) is 1.60. The summed E-state index contributed by atoms with van der Waals surface area (Å²) in [5.74, 6) is -0.194. The maximum absolute atomic E-state index is 12.0. The van der Waals surface area contributed by atoms with Gasteiger partial charge in [-0.2, -0.15) is 0 Å². The molecule has 5 heteroatoms. The fourth-order valence-electron chi connectivity index (χ4n) is 2.63. The second kappa shape index (κ2) is 7.22. The number of aliphatic hydroxyl groups excluding tert-OH is 1. The first kappa shape index (κ1) is 15.5. The molecule has 1 aromatic carbocycles. The largest absolute Gasteiger partial charge is 0.391 e. The third kappa shape index (κ3) is 4.86. The molecule has 1 fully saturated rings. The van der Waals surface area contributed by atoms with Gasteiger partial charge in [0.05, 0.1) is 18.6 Å². The number of hydrogen-bond donors (Lipinski definition) is 3. The molecular formula is C16H22N2O3. The Kier molecular flexibility index (Phi) is 5.33. The minimum Gasteiger partial charge on any atom is -0.391 e. The number of benzene rings is 1. The van der Waals surface area contributed by atoms with Gasteiger partial charge in [-0.15, -0.1) is 0 Å². The lowest BCUT2D eigenvalue weighted by molar-refractivity contribution is -0.122. The van der Waals surface area contributed by atoms with E-state index >= 15 is 0 Å². The standard InChI is InChI=1S/C16H22N2O3/c1-11(19)17-13-8-6-12(7-9-13)10-16(21)18-14-4-2-3-5-15(14)20/h6-9,14-15,20H,2-5,10H2,1H3,(H,17,19)(H,18,21). The zero-order valence-corrected chi connectivity index (χ0v) is 12.3. The minimum atomic E-state index is -0.426. The SMILES string of the molecule is CC(=O)Nc1ccc(CC(=O)NC2CCCCC2O)cc1. The highest BCUT2D eigenvalue weighted by Crippen LogP contribution is 2.18. The van der Waals surface area contributed by atoms with Gasteiger partial charge in [0.2, 0.25) is 11.8 Å². The molecule has 0 bridgehead atoms. The van der Waals surface area contributed by atoms with Gasteiger partial charge in [-0.1, -0.05) is 25.0 Å². The Labute approximate surface area is 124 Å². The van der Waals surface area contributed by atoms with Gasteiger partial charge in [-0.05, 0) is 30.5 Å². The first-order valence-electron chi connectivity index (χ1n) is 7.38. The van der Waals surface area contributed by atoms with E-state index in [2.05, 4.69) is 10.6 Å². The Morgan fingerprint density at radius 3 is 2.48 bits per heavy atom. The van der Waals surface area contributed by atoms with Crippen LogP contribution in [0, 0.1) is 0 Å². The maximum Gasteiger partial charge on any atom is 0.224 e. The smallest absolute Gasteiger partial charge is 0.224 e. The molecule has 1 aromatic rings. The third-order valence-corrected chi connectivity index (χ3v) is 3.71. The van der Waals surface area contributed by atoms with E-state index in [1.807, 2.05) is 12.1 Å². The molecule has 1 aliphatic rings. The van der Waals surface area contributed by atoms with Gasteiger partial charge in [0.15, 0.2) is 0 Å². The molecule has 0 saturated heterocycles. The van der Waals surface area contributed by atoms with Crippen LogP contribution in [0.25, 0.3) is 0 Å². The van der Waals surface area contributed by atoms with Crippen LogP contribution in [0.1, 0.15) is 38.2 Å². The Bertz CT molecular complexity index is 499. The quantitative estimate of drug-likeness (QED) is 0.788. The second-order valence-electron chi connectivity index (χ2n) is 5.58. The molecule has 1 saturated carbocycles. The van der Waals surface area contributed by atoms with Crippen LogP contribution in [0.2, 0.25) is 0 Å². The van der Waals surface area contributed by atoms with Crippen molar-refractivity contribution in [1.29, 1.82) is 0 Å². The highest BCUT2D eigenvalue weighted by Gasteiger charge is 2.24. The second-order valence-corrected chi connectivity index (χ2v) is 5.58. The van der Waals surface area contributed by atoms with E-state index in [1.165, 1.54) is 6.92 Å². The Hall–Kier alpha value is -1.88. The summed E-state index contributed by atoms with van der Waals surface area (Å²) >= 11 is 0. The van der Waals surface area contributed by atoms with Crippen molar-refractivity contribution in [2.45, 2.75) is 51.2 Å². The predicted octanol–water partition coefficient (Wildman–Crippen LogP) is 1.61. The van der Waals surface area contributed by atoms with E-state index in [-0.39, 0.29) is 24.3 Å². The third-order valence-electron chi connectivity index (χ3n) is 3.71. The van der Waals surface area contributed by atoms with Gasteiger partial charge in [-0.25, -0.2) is 0 Å². The van der Waals surface area contributed by atoms with Gasteiger partial charge in [-0.3, -0.25) is 9.59 Å². The van der Waals surface area contributed by atoms with Crippen LogP contribution in [0.3, 0.4) is 0 Å². The number of amides is 2. The Morgan fingerprint density at radius 1 is 1.19 bits per heavy atom. The van der Waals surface area contributed by atoms with E-state index in [4.69, 9.17) is 0 Å². The van der Waals surface area contributed by atoms with Crippen LogP contribution < -0.4 is 10.6 Å². The van der Waals surface area contributed by atoms with Gasteiger partial charge >= 0.3 is 0 Å². The van der Waals surface area contributed by atoms with E-state index in [1.54, 1.807) is 12.1 Å². The topological polar surface area (TPSA) is 78.4 Å². The van der Waals surface area contributed by atoms with Gasteiger partial charge in [0, 0.05) is 12.6 Å². The number of aliphatic hydroxyl groups is 1. The Morgan fingerprint density at radius 2 is 1.86 bits per heavy atom. The van der Waals surface area contributed by atoms with Crippen LogP contribution >= 0.6 is 0 Å². The fraction of sp³-hybridized carbons (Fsp3) is 0.500. The summed E-state index contributed by atoms with van der Waals surface area (Å²) in [6.45, 7) is 1.46. The Balaban J connectivity index is 1.85. The molecule has 2 rings (SSSR count). The molecule has 0 aliphatic heterocycles. The summed E-state index contributed by atoms with van der Waals surface area (Å²) in [5, 5.41) is 15.4. The summed E-state index contributed by atoms with van der Waals surface area (Å²) in [6.07, 6.45) is 3.53. The summed E-state index contributed by atoms with van der Waals surface area (Å²) in [4.78, 5) is 22.9. The minimum absolute atomic E-state index is 0.0757. The lowest BCUT2D eigenvalue weighted by atomic mass is 9.92. The van der Waals surface area contributed by atoms with Crippen LogP contribution in [0.5, 0.6) is 0 Å². The van der Waals surface area contributed by atoms with E-state index < -0.39 is 6.10 Å². The summed E-state index contributed by atoms with van der Waals surface area (Å²) < 4.78 is 0. The summed E-state index contributed by atoms with van der Waals surface area (Å²) in [6, 6.07) is 7.08. The molecule has 2 atom stereocenters. The molecule has 2 amide bonds.